The largest absolute Gasteiger partial charge is 0.497 e. The Hall–Kier alpha value is -3.71. The summed E-state index contributed by atoms with van der Waals surface area (Å²) in [5, 5.41) is 4.22. The van der Waals surface area contributed by atoms with Gasteiger partial charge in [0.2, 0.25) is 0 Å². The van der Waals surface area contributed by atoms with Gasteiger partial charge in [0.15, 0.2) is 5.11 Å². The molecule has 1 saturated heterocycles. The Bertz CT molecular complexity index is 1240. The van der Waals surface area contributed by atoms with Crippen LogP contribution < -0.4 is 10.1 Å². The number of hydrogen-bond donors (Lipinski definition) is 1. The van der Waals surface area contributed by atoms with Crippen LogP contribution >= 0.6 is 12.2 Å². The van der Waals surface area contributed by atoms with Crippen LogP contribution in [0.1, 0.15) is 34.9 Å². The second kappa shape index (κ2) is 9.03. The molecule has 1 N–H and O–H groups in total. The molecule has 0 bridgehead atoms. The molecular formula is C26H25N5OS. The Morgan fingerprint density at radius 3 is 2.36 bits per heavy atom. The first-order valence-electron chi connectivity index (χ1n) is 10.9. The zero-order valence-corrected chi connectivity index (χ0v) is 19.4. The monoisotopic (exact) mass is 455 g/mol. The van der Waals surface area contributed by atoms with Gasteiger partial charge in [0.05, 0.1) is 37.1 Å². The number of nitrogens with zero attached hydrogens (tertiary/aromatic N) is 4. The topological polar surface area (TPSA) is 55.2 Å². The van der Waals surface area contributed by atoms with Gasteiger partial charge in [0.25, 0.3) is 0 Å². The molecule has 2 atom stereocenters. The summed E-state index contributed by atoms with van der Waals surface area (Å²) in [4.78, 5) is 11.4. The highest BCUT2D eigenvalue weighted by Crippen LogP contribution is 2.41. The summed E-state index contributed by atoms with van der Waals surface area (Å²) in [6, 6.07) is 24.3. The number of methoxy groups -OCH3 is 1. The first kappa shape index (κ1) is 21.2. The van der Waals surface area contributed by atoms with Crippen molar-refractivity contribution >= 4 is 17.3 Å². The molecule has 4 aromatic rings. The van der Waals surface area contributed by atoms with Crippen LogP contribution in [0.25, 0.3) is 5.69 Å². The van der Waals surface area contributed by atoms with Gasteiger partial charge in [-0.25, -0.2) is 0 Å². The van der Waals surface area contributed by atoms with E-state index in [1.165, 1.54) is 0 Å². The normalized spacial score (nSPS) is 17.8. The van der Waals surface area contributed by atoms with Crippen LogP contribution in [-0.4, -0.2) is 31.7 Å². The standard InChI is InChI=1S/C26H25N5OS/c1-18-9-14-23(31(18)20-10-12-21(32-2)13-11-20)25-24(22-8-4-6-16-28-22)29-26(33)30(25)17-19-7-3-5-15-27-19/h3-16,24-25H,17H2,1-2H3,(H,29,33)/t24-,25+/m1/s1. The van der Waals surface area contributed by atoms with E-state index in [0.717, 1.165) is 34.2 Å². The predicted octanol–water partition coefficient (Wildman–Crippen LogP) is 4.76. The molecule has 166 valence electrons. The van der Waals surface area contributed by atoms with Crippen molar-refractivity contribution in [2.75, 3.05) is 7.11 Å². The molecule has 1 aliphatic heterocycles. The Balaban J connectivity index is 1.62. The van der Waals surface area contributed by atoms with Gasteiger partial charge in [-0.05, 0) is 79.8 Å². The maximum absolute atomic E-state index is 5.83. The molecule has 33 heavy (non-hydrogen) atoms. The van der Waals surface area contributed by atoms with E-state index in [1.54, 1.807) is 7.11 Å². The van der Waals surface area contributed by atoms with Gasteiger partial charge in [-0.2, -0.15) is 0 Å². The molecule has 7 heteroatoms. The third kappa shape index (κ3) is 4.07. The summed E-state index contributed by atoms with van der Waals surface area (Å²) in [6.07, 6.45) is 3.64. The predicted molar refractivity (Wildman–Crippen MR) is 132 cm³/mol. The third-order valence-corrected chi connectivity index (χ3v) is 6.35. The summed E-state index contributed by atoms with van der Waals surface area (Å²) in [6.45, 7) is 2.72. The highest BCUT2D eigenvalue weighted by Gasteiger charge is 2.41. The number of rotatable bonds is 6. The molecular weight excluding hydrogens is 430 g/mol. The molecule has 4 heterocycles. The van der Waals surface area contributed by atoms with E-state index in [1.807, 2.05) is 60.9 Å². The highest BCUT2D eigenvalue weighted by molar-refractivity contribution is 7.80. The smallest absolute Gasteiger partial charge is 0.170 e. The number of ether oxygens (including phenoxy) is 1. The third-order valence-electron chi connectivity index (χ3n) is 6.00. The molecule has 1 aliphatic rings. The van der Waals surface area contributed by atoms with Gasteiger partial charge in [-0.3, -0.25) is 9.97 Å². The maximum atomic E-state index is 5.83. The Morgan fingerprint density at radius 2 is 1.70 bits per heavy atom. The van der Waals surface area contributed by atoms with Crippen LogP contribution in [0.3, 0.4) is 0 Å². The second-order valence-corrected chi connectivity index (χ2v) is 8.40. The first-order valence-corrected chi connectivity index (χ1v) is 11.3. The van der Waals surface area contributed by atoms with Gasteiger partial charge in [0, 0.05) is 29.5 Å². The lowest BCUT2D eigenvalue weighted by Crippen LogP contribution is -2.30. The lowest BCUT2D eigenvalue weighted by molar-refractivity contribution is 0.299. The van der Waals surface area contributed by atoms with E-state index in [0.29, 0.717) is 11.7 Å². The summed E-state index contributed by atoms with van der Waals surface area (Å²) >= 11 is 5.83. The molecule has 0 amide bonds. The van der Waals surface area contributed by atoms with E-state index in [-0.39, 0.29) is 12.1 Å². The lowest BCUT2D eigenvalue weighted by Gasteiger charge is -2.29. The van der Waals surface area contributed by atoms with E-state index in [2.05, 4.69) is 55.9 Å². The molecule has 0 unspecified atom stereocenters. The fraction of sp³-hybridized carbons (Fsp3) is 0.192. The number of pyridine rings is 2. The van der Waals surface area contributed by atoms with E-state index in [4.69, 9.17) is 17.0 Å². The maximum Gasteiger partial charge on any atom is 0.170 e. The van der Waals surface area contributed by atoms with Crippen molar-refractivity contribution in [3.63, 3.8) is 0 Å². The van der Waals surface area contributed by atoms with Crippen LogP contribution in [0.4, 0.5) is 0 Å². The van der Waals surface area contributed by atoms with Crippen molar-refractivity contribution in [1.29, 1.82) is 0 Å². The van der Waals surface area contributed by atoms with E-state index in [9.17, 15) is 0 Å². The van der Waals surface area contributed by atoms with Crippen molar-refractivity contribution in [2.24, 2.45) is 0 Å². The molecule has 6 nitrogen and oxygen atoms in total. The SMILES string of the molecule is COc1ccc(-n2c(C)ccc2[C@H]2[C@@H](c3ccccn3)NC(=S)N2Cc2ccccn2)cc1. The minimum Gasteiger partial charge on any atom is -0.497 e. The van der Waals surface area contributed by atoms with Crippen molar-refractivity contribution in [1.82, 2.24) is 24.8 Å². The molecule has 5 rings (SSSR count). The number of benzene rings is 1. The van der Waals surface area contributed by atoms with Crippen molar-refractivity contribution < 1.29 is 4.74 Å². The number of hydrogen-bond acceptors (Lipinski definition) is 4. The summed E-state index contributed by atoms with van der Waals surface area (Å²) in [7, 11) is 1.68. The molecule has 0 aliphatic carbocycles. The van der Waals surface area contributed by atoms with Gasteiger partial charge >= 0.3 is 0 Å². The van der Waals surface area contributed by atoms with Gasteiger partial charge in [0.1, 0.15) is 5.75 Å². The fourth-order valence-electron chi connectivity index (χ4n) is 4.44. The number of aryl methyl sites for hydroxylation is 1. The Kier molecular flexibility index (Phi) is 5.79. The van der Waals surface area contributed by atoms with Crippen molar-refractivity contribution in [2.45, 2.75) is 25.6 Å². The van der Waals surface area contributed by atoms with Crippen LogP contribution in [0.2, 0.25) is 0 Å². The van der Waals surface area contributed by atoms with Crippen LogP contribution in [0, 0.1) is 6.92 Å². The molecule has 0 radical (unpaired) electrons. The van der Waals surface area contributed by atoms with E-state index < -0.39 is 0 Å². The summed E-state index contributed by atoms with van der Waals surface area (Å²) < 4.78 is 7.64. The molecule has 0 saturated carbocycles. The molecule has 1 aromatic carbocycles. The Morgan fingerprint density at radius 1 is 0.939 bits per heavy atom. The second-order valence-electron chi connectivity index (χ2n) is 8.01. The fourth-order valence-corrected chi connectivity index (χ4v) is 4.74. The zero-order valence-electron chi connectivity index (χ0n) is 18.6. The average Bonchev–Trinajstić information content (AvgIpc) is 3.39. The van der Waals surface area contributed by atoms with Crippen molar-refractivity contribution in [3.8, 4) is 11.4 Å². The van der Waals surface area contributed by atoms with Gasteiger partial charge < -0.3 is 19.5 Å². The summed E-state index contributed by atoms with van der Waals surface area (Å²) in [5.74, 6) is 0.831. The molecule has 0 spiro atoms. The number of aromatic nitrogens is 3. The van der Waals surface area contributed by atoms with Crippen molar-refractivity contribution in [3.05, 3.63) is 108 Å². The quantitative estimate of drug-likeness (QED) is 0.423. The van der Waals surface area contributed by atoms with Crippen LogP contribution in [0.15, 0.2) is 85.2 Å². The van der Waals surface area contributed by atoms with Crippen LogP contribution in [-0.2, 0) is 6.54 Å². The molecule has 3 aromatic heterocycles. The van der Waals surface area contributed by atoms with Crippen LogP contribution in [0.5, 0.6) is 5.75 Å². The zero-order chi connectivity index (χ0) is 22.8. The lowest BCUT2D eigenvalue weighted by atomic mass is 10.0. The number of nitrogens with one attached hydrogen (secondary N) is 1. The first-order chi connectivity index (χ1) is 16.2. The van der Waals surface area contributed by atoms with Gasteiger partial charge in [-0.1, -0.05) is 12.1 Å². The average molecular weight is 456 g/mol. The minimum atomic E-state index is -0.0892. The summed E-state index contributed by atoms with van der Waals surface area (Å²) in [5.41, 5.74) is 5.27. The highest BCUT2D eigenvalue weighted by atomic mass is 32.1. The number of thiocarbonyl (C=S) groups is 1. The minimum absolute atomic E-state index is 0.0646. The van der Waals surface area contributed by atoms with E-state index >= 15 is 0 Å². The Labute approximate surface area is 198 Å². The van der Waals surface area contributed by atoms with Gasteiger partial charge in [-0.15, -0.1) is 0 Å². The molecule has 1 fully saturated rings.